The van der Waals surface area contributed by atoms with E-state index in [9.17, 15) is 0 Å². The van der Waals surface area contributed by atoms with Crippen molar-refractivity contribution in [1.29, 1.82) is 0 Å². The molecule has 5 nitrogen and oxygen atoms in total. The van der Waals surface area contributed by atoms with E-state index in [2.05, 4.69) is 27.3 Å². The summed E-state index contributed by atoms with van der Waals surface area (Å²) in [5.41, 5.74) is 1.19. The van der Waals surface area contributed by atoms with Gasteiger partial charge in [0.2, 0.25) is 0 Å². The number of piperidine rings is 1. The maximum atomic E-state index is 9.15. The normalized spacial score (nSPS) is 16.6. The number of pyridine rings is 1. The monoisotopic (exact) mass is 279 g/mol. The van der Waals surface area contributed by atoms with Crippen LogP contribution in [0.25, 0.3) is 0 Å². The molecule has 0 aliphatic carbocycles. The Bertz CT molecular complexity index is 375. The topological polar surface area (TPSA) is 57.6 Å². The number of aliphatic hydroxyl groups excluding tert-OH is 1. The van der Waals surface area contributed by atoms with Gasteiger partial charge in [0, 0.05) is 46.1 Å². The third-order valence-corrected chi connectivity index (χ3v) is 3.82. The summed E-state index contributed by atoms with van der Waals surface area (Å²) < 4.78 is 4.99. The molecule has 2 N–H and O–H groups in total. The van der Waals surface area contributed by atoms with Crippen LogP contribution in [0.5, 0.6) is 0 Å². The van der Waals surface area contributed by atoms with E-state index < -0.39 is 0 Å². The number of ether oxygens (including phenoxy) is 1. The largest absolute Gasteiger partial charge is 0.396 e. The van der Waals surface area contributed by atoms with Gasteiger partial charge >= 0.3 is 0 Å². The highest BCUT2D eigenvalue weighted by Gasteiger charge is 2.19. The third-order valence-electron chi connectivity index (χ3n) is 3.82. The Balaban J connectivity index is 1.79. The molecule has 0 unspecified atom stereocenters. The van der Waals surface area contributed by atoms with Gasteiger partial charge in [0.1, 0.15) is 5.82 Å². The van der Waals surface area contributed by atoms with Crippen LogP contribution in [-0.2, 0) is 11.3 Å². The predicted molar refractivity (Wildman–Crippen MR) is 79.8 cm³/mol. The van der Waals surface area contributed by atoms with Gasteiger partial charge in [0.25, 0.3) is 0 Å². The number of nitrogens with one attached hydrogen (secondary N) is 1. The van der Waals surface area contributed by atoms with Crippen LogP contribution < -0.4 is 10.2 Å². The van der Waals surface area contributed by atoms with Crippen molar-refractivity contribution in [3.05, 3.63) is 23.9 Å². The van der Waals surface area contributed by atoms with Crippen LogP contribution in [0.3, 0.4) is 0 Å². The van der Waals surface area contributed by atoms with Crippen LogP contribution in [-0.4, -0.2) is 50.0 Å². The molecule has 0 amide bonds. The van der Waals surface area contributed by atoms with Gasteiger partial charge in [-0.15, -0.1) is 0 Å². The second-order valence-electron chi connectivity index (χ2n) is 5.31. The van der Waals surface area contributed by atoms with Crippen molar-refractivity contribution >= 4 is 5.82 Å². The molecular weight excluding hydrogens is 254 g/mol. The Hall–Kier alpha value is -1.17. The third kappa shape index (κ3) is 4.44. The Morgan fingerprint density at radius 2 is 2.20 bits per heavy atom. The first kappa shape index (κ1) is 15.2. The average molecular weight is 279 g/mol. The molecule has 0 spiro atoms. The number of nitrogens with zero attached hydrogens (tertiary/aromatic N) is 2. The molecular formula is C15H25N3O2. The number of rotatable bonds is 7. The van der Waals surface area contributed by atoms with Crippen LogP contribution in [0, 0.1) is 5.92 Å². The lowest BCUT2D eigenvalue weighted by molar-refractivity contribution is 0.199. The number of hydrogen-bond donors (Lipinski definition) is 2. The summed E-state index contributed by atoms with van der Waals surface area (Å²) in [4.78, 5) is 6.84. The molecule has 1 aliphatic heterocycles. The van der Waals surface area contributed by atoms with Crippen molar-refractivity contribution in [2.24, 2.45) is 5.92 Å². The highest BCUT2D eigenvalue weighted by Crippen LogP contribution is 2.21. The van der Waals surface area contributed by atoms with Gasteiger partial charge in [-0.3, -0.25) is 0 Å². The SMILES string of the molecule is COCCNCc1ccc(N2CCC(CO)CC2)nc1. The molecule has 112 valence electrons. The van der Waals surface area contributed by atoms with E-state index in [0.717, 1.165) is 51.4 Å². The van der Waals surface area contributed by atoms with Crippen LogP contribution in [0.4, 0.5) is 5.82 Å². The fraction of sp³-hybridized carbons (Fsp3) is 0.667. The minimum absolute atomic E-state index is 0.313. The first-order chi connectivity index (χ1) is 9.83. The van der Waals surface area contributed by atoms with Crippen LogP contribution in [0.2, 0.25) is 0 Å². The number of anilines is 1. The highest BCUT2D eigenvalue weighted by atomic mass is 16.5. The van der Waals surface area contributed by atoms with Crippen molar-refractivity contribution in [3.63, 3.8) is 0 Å². The summed E-state index contributed by atoms with van der Waals surface area (Å²) in [5, 5.41) is 12.5. The first-order valence-corrected chi connectivity index (χ1v) is 7.34. The molecule has 20 heavy (non-hydrogen) atoms. The number of hydrogen-bond acceptors (Lipinski definition) is 5. The van der Waals surface area contributed by atoms with Crippen molar-refractivity contribution in [3.8, 4) is 0 Å². The second-order valence-corrected chi connectivity index (χ2v) is 5.31. The molecule has 5 heteroatoms. The van der Waals surface area contributed by atoms with Gasteiger partial charge in [0.15, 0.2) is 0 Å². The van der Waals surface area contributed by atoms with E-state index in [1.807, 2.05) is 6.20 Å². The minimum atomic E-state index is 0.313. The molecule has 0 bridgehead atoms. The molecule has 1 aromatic rings. The Morgan fingerprint density at radius 3 is 2.80 bits per heavy atom. The molecule has 2 heterocycles. The lowest BCUT2D eigenvalue weighted by Gasteiger charge is -2.32. The molecule has 0 aromatic carbocycles. The molecule has 1 aromatic heterocycles. The smallest absolute Gasteiger partial charge is 0.128 e. The van der Waals surface area contributed by atoms with E-state index in [1.54, 1.807) is 7.11 Å². The Labute approximate surface area is 121 Å². The fourth-order valence-electron chi connectivity index (χ4n) is 2.46. The van der Waals surface area contributed by atoms with Crippen LogP contribution in [0.15, 0.2) is 18.3 Å². The summed E-state index contributed by atoms with van der Waals surface area (Å²) in [6, 6.07) is 4.22. The summed E-state index contributed by atoms with van der Waals surface area (Å²) in [5.74, 6) is 1.51. The van der Waals surface area contributed by atoms with Crippen molar-refractivity contribution < 1.29 is 9.84 Å². The van der Waals surface area contributed by atoms with Crippen molar-refractivity contribution in [2.75, 3.05) is 44.9 Å². The molecule has 2 rings (SSSR count). The first-order valence-electron chi connectivity index (χ1n) is 7.34. The number of methoxy groups -OCH3 is 1. The zero-order valence-corrected chi connectivity index (χ0v) is 12.2. The lowest BCUT2D eigenvalue weighted by Crippen LogP contribution is -2.35. The number of aromatic nitrogens is 1. The van der Waals surface area contributed by atoms with Gasteiger partial charge in [-0.05, 0) is 30.4 Å². The van der Waals surface area contributed by atoms with E-state index in [1.165, 1.54) is 5.56 Å². The van der Waals surface area contributed by atoms with Crippen LogP contribution >= 0.6 is 0 Å². The van der Waals surface area contributed by atoms with E-state index in [4.69, 9.17) is 9.84 Å². The van der Waals surface area contributed by atoms with Gasteiger partial charge < -0.3 is 20.1 Å². The summed E-state index contributed by atoms with van der Waals surface area (Å²) in [6.45, 7) is 4.70. The average Bonchev–Trinajstić information content (AvgIpc) is 2.52. The van der Waals surface area contributed by atoms with Crippen LogP contribution in [0.1, 0.15) is 18.4 Å². The van der Waals surface area contributed by atoms with E-state index in [-0.39, 0.29) is 0 Å². The van der Waals surface area contributed by atoms with Crippen molar-refractivity contribution in [2.45, 2.75) is 19.4 Å². The maximum absolute atomic E-state index is 9.15. The fourth-order valence-corrected chi connectivity index (χ4v) is 2.46. The van der Waals surface area contributed by atoms with E-state index in [0.29, 0.717) is 12.5 Å². The second kappa shape index (κ2) is 8.19. The maximum Gasteiger partial charge on any atom is 0.128 e. The molecule has 1 aliphatic rings. The zero-order chi connectivity index (χ0) is 14.2. The summed E-state index contributed by atoms with van der Waals surface area (Å²) in [6.07, 6.45) is 4.05. The summed E-state index contributed by atoms with van der Waals surface area (Å²) in [7, 11) is 1.71. The zero-order valence-electron chi connectivity index (χ0n) is 12.2. The Morgan fingerprint density at radius 1 is 1.40 bits per heavy atom. The molecule has 1 fully saturated rings. The summed E-state index contributed by atoms with van der Waals surface area (Å²) >= 11 is 0. The van der Waals surface area contributed by atoms with Crippen molar-refractivity contribution in [1.82, 2.24) is 10.3 Å². The van der Waals surface area contributed by atoms with Gasteiger partial charge in [0.05, 0.1) is 6.61 Å². The number of aliphatic hydroxyl groups is 1. The molecule has 0 radical (unpaired) electrons. The standard InChI is InChI=1S/C15H25N3O2/c1-20-9-6-16-10-14-2-3-15(17-11-14)18-7-4-13(12-19)5-8-18/h2-3,11,13,16,19H,4-10,12H2,1H3. The predicted octanol–water partition coefficient (Wildman–Crippen LogP) is 1.03. The minimum Gasteiger partial charge on any atom is -0.396 e. The lowest BCUT2D eigenvalue weighted by atomic mass is 9.98. The molecule has 1 saturated heterocycles. The van der Waals surface area contributed by atoms with Gasteiger partial charge in [-0.1, -0.05) is 6.07 Å². The highest BCUT2D eigenvalue weighted by molar-refractivity contribution is 5.39. The molecule has 0 atom stereocenters. The van der Waals surface area contributed by atoms with E-state index >= 15 is 0 Å². The van der Waals surface area contributed by atoms with Gasteiger partial charge in [-0.25, -0.2) is 4.98 Å². The molecule has 0 saturated carbocycles. The van der Waals surface area contributed by atoms with Gasteiger partial charge in [-0.2, -0.15) is 0 Å². The quantitative estimate of drug-likeness (QED) is 0.730. The Kier molecular flexibility index (Phi) is 6.24.